The van der Waals surface area contributed by atoms with Crippen LogP contribution in [0.5, 0.6) is 5.75 Å². The lowest BCUT2D eigenvalue weighted by Crippen LogP contribution is -1.99. The lowest BCUT2D eigenvalue weighted by Gasteiger charge is -2.11. The third-order valence-electron chi connectivity index (χ3n) is 2.77. The second-order valence-electron chi connectivity index (χ2n) is 4.15. The smallest absolute Gasteiger partial charge is 0.125 e. The highest BCUT2D eigenvalue weighted by atomic mass is 16.5. The maximum atomic E-state index is 9.18. The van der Waals surface area contributed by atoms with E-state index in [4.69, 9.17) is 4.74 Å². The zero-order chi connectivity index (χ0) is 10.7. The van der Waals surface area contributed by atoms with Gasteiger partial charge in [0.15, 0.2) is 0 Å². The molecule has 1 aliphatic rings. The van der Waals surface area contributed by atoms with Crippen LogP contribution in [0.2, 0.25) is 0 Å². The molecule has 2 nitrogen and oxygen atoms in total. The second-order valence-corrected chi connectivity index (χ2v) is 4.15. The minimum Gasteiger partial charge on any atom is -0.493 e. The molecule has 15 heavy (non-hydrogen) atoms. The molecule has 82 valence electrons. The van der Waals surface area contributed by atoms with Crippen LogP contribution in [0, 0.1) is 0 Å². The minimum absolute atomic E-state index is 0.0595. The molecule has 2 rings (SSSR count). The van der Waals surface area contributed by atoms with E-state index in [0.29, 0.717) is 0 Å². The lowest BCUT2D eigenvalue weighted by molar-refractivity contribution is 0.262. The molecule has 0 unspecified atom stereocenters. The highest BCUT2D eigenvalue weighted by Crippen LogP contribution is 2.41. The molecule has 2 heteroatoms. The van der Waals surface area contributed by atoms with Gasteiger partial charge in [0.05, 0.1) is 13.2 Å². The average Bonchev–Trinajstić information content (AvgIpc) is 3.09. The maximum Gasteiger partial charge on any atom is 0.125 e. The maximum absolute atomic E-state index is 9.18. The van der Waals surface area contributed by atoms with Gasteiger partial charge >= 0.3 is 0 Å². The quantitative estimate of drug-likeness (QED) is 0.802. The molecule has 0 saturated heterocycles. The summed E-state index contributed by atoms with van der Waals surface area (Å²) in [6.45, 7) is 2.87. The third-order valence-corrected chi connectivity index (χ3v) is 2.77. The van der Waals surface area contributed by atoms with Crippen molar-refractivity contribution in [3.63, 3.8) is 0 Å². The SMILES string of the molecule is CCCOc1cc(C2CC2)ccc1CO. The number of hydrogen-bond acceptors (Lipinski definition) is 2. The van der Waals surface area contributed by atoms with E-state index in [1.807, 2.05) is 6.07 Å². The molecular formula is C13H18O2. The Morgan fingerprint density at radius 3 is 2.80 bits per heavy atom. The molecule has 0 spiro atoms. The molecule has 0 bridgehead atoms. The van der Waals surface area contributed by atoms with Crippen molar-refractivity contribution in [2.45, 2.75) is 38.7 Å². The second kappa shape index (κ2) is 4.67. The van der Waals surface area contributed by atoms with Crippen LogP contribution in [0.3, 0.4) is 0 Å². The third kappa shape index (κ3) is 2.51. The van der Waals surface area contributed by atoms with Crippen LogP contribution in [0.25, 0.3) is 0 Å². The Bertz CT molecular complexity index is 329. The van der Waals surface area contributed by atoms with Crippen molar-refractivity contribution in [3.05, 3.63) is 29.3 Å². The summed E-state index contributed by atoms with van der Waals surface area (Å²) in [6.07, 6.45) is 3.59. The Morgan fingerprint density at radius 1 is 1.40 bits per heavy atom. The first-order chi connectivity index (χ1) is 7.35. The molecule has 0 amide bonds. The fourth-order valence-corrected chi connectivity index (χ4v) is 1.72. The first kappa shape index (κ1) is 10.5. The Morgan fingerprint density at radius 2 is 2.20 bits per heavy atom. The van der Waals surface area contributed by atoms with Gasteiger partial charge < -0.3 is 9.84 Å². The van der Waals surface area contributed by atoms with E-state index in [1.54, 1.807) is 0 Å². The van der Waals surface area contributed by atoms with Gasteiger partial charge in [0, 0.05) is 5.56 Å². The summed E-state index contributed by atoms with van der Waals surface area (Å²) in [5.41, 5.74) is 2.26. The largest absolute Gasteiger partial charge is 0.493 e. The van der Waals surface area contributed by atoms with Crippen LogP contribution in [0.15, 0.2) is 18.2 Å². The van der Waals surface area contributed by atoms with E-state index < -0.39 is 0 Å². The van der Waals surface area contributed by atoms with Crippen LogP contribution in [0.1, 0.15) is 43.2 Å². The summed E-state index contributed by atoms with van der Waals surface area (Å²) < 4.78 is 5.64. The fraction of sp³-hybridized carbons (Fsp3) is 0.538. The number of benzene rings is 1. The summed E-state index contributed by atoms with van der Waals surface area (Å²) in [5, 5.41) is 9.18. The number of hydrogen-bond donors (Lipinski definition) is 1. The standard InChI is InChI=1S/C13H18O2/c1-2-7-15-13-8-11(10-3-4-10)5-6-12(13)9-14/h5-6,8,10,14H,2-4,7,9H2,1H3. The molecule has 1 N–H and O–H groups in total. The fourth-order valence-electron chi connectivity index (χ4n) is 1.72. The van der Waals surface area contributed by atoms with E-state index in [9.17, 15) is 5.11 Å². The molecular weight excluding hydrogens is 188 g/mol. The molecule has 1 aliphatic carbocycles. The molecule has 0 atom stereocenters. The molecule has 1 aromatic carbocycles. The monoisotopic (exact) mass is 206 g/mol. The summed E-state index contributed by atoms with van der Waals surface area (Å²) >= 11 is 0. The van der Waals surface area contributed by atoms with E-state index in [0.717, 1.165) is 30.3 Å². The number of ether oxygens (including phenoxy) is 1. The molecule has 0 radical (unpaired) electrons. The zero-order valence-corrected chi connectivity index (χ0v) is 9.20. The van der Waals surface area contributed by atoms with Crippen molar-refractivity contribution in [2.75, 3.05) is 6.61 Å². The van der Waals surface area contributed by atoms with Crippen molar-refractivity contribution in [3.8, 4) is 5.75 Å². The van der Waals surface area contributed by atoms with Gasteiger partial charge in [-0.15, -0.1) is 0 Å². The zero-order valence-electron chi connectivity index (χ0n) is 9.20. The average molecular weight is 206 g/mol. The number of rotatable bonds is 5. The molecule has 0 aromatic heterocycles. The van der Waals surface area contributed by atoms with Crippen LogP contribution in [-0.4, -0.2) is 11.7 Å². The van der Waals surface area contributed by atoms with Crippen LogP contribution in [-0.2, 0) is 6.61 Å². The first-order valence-corrected chi connectivity index (χ1v) is 5.71. The highest BCUT2D eigenvalue weighted by Gasteiger charge is 2.24. The predicted molar refractivity (Wildman–Crippen MR) is 60.1 cm³/mol. The number of aliphatic hydroxyl groups is 1. The van der Waals surface area contributed by atoms with Crippen LogP contribution < -0.4 is 4.74 Å². The summed E-state index contributed by atoms with van der Waals surface area (Å²) in [6, 6.07) is 6.19. The number of aliphatic hydroxyl groups excluding tert-OH is 1. The minimum atomic E-state index is 0.0595. The normalized spacial score (nSPS) is 15.3. The van der Waals surface area contributed by atoms with E-state index in [2.05, 4.69) is 19.1 Å². The molecule has 1 fully saturated rings. The predicted octanol–water partition coefficient (Wildman–Crippen LogP) is 2.85. The van der Waals surface area contributed by atoms with Gasteiger partial charge in [-0.2, -0.15) is 0 Å². The Balaban J connectivity index is 2.17. The summed E-state index contributed by atoms with van der Waals surface area (Å²) in [7, 11) is 0. The molecule has 1 aromatic rings. The van der Waals surface area contributed by atoms with Gasteiger partial charge in [0.2, 0.25) is 0 Å². The Labute approximate surface area is 90.9 Å². The molecule has 1 saturated carbocycles. The van der Waals surface area contributed by atoms with Gasteiger partial charge in [-0.1, -0.05) is 19.1 Å². The Hall–Kier alpha value is -1.02. The lowest BCUT2D eigenvalue weighted by atomic mass is 10.1. The highest BCUT2D eigenvalue weighted by molar-refractivity contribution is 5.39. The van der Waals surface area contributed by atoms with Crippen molar-refractivity contribution < 1.29 is 9.84 Å². The van der Waals surface area contributed by atoms with E-state index in [1.165, 1.54) is 18.4 Å². The van der Waals surface area contributed by atoms with Gasteiger partial charge in [-0.3, -0.25) is 0 Å². The van der Waals surface area contributed by atoms with Gasteiger partial charge in [0.25, 0.3) is 0 Å². The van der Waals surface area contributed by atoms with Gasteiger partial charge in [-0.05, 0) is 36.8 Å². The van der Waals surface area contributed by atoms with Gasteiger partial charge in [0.1, 0.15) is 5.75 Å². The van der Waals surface area contributed by atoms with Crippen LogP contribution in [0.4, 0.5) is 0 Å². The molecule has 0 heterocycles. The topological polar surface area (TPSA) is 29.5 Å². The van der Waals surface area contributed by atoms with Crippen molar-refractivity contribution >= 4 is 0 Å². The first-order valence-electron chi connectivity index (χ1n) is 5.71. The van der Waals surface area contributed by atoms with Crippen LogP contribution >= 0.6 is 0 Å². The van der Waals surface area contributed by atoms with Crippen molar-refractivity contribution in [1.82, 2.24) is 0 Å². The van der Waals surface area contributed by atoms with E-state index in [-0.39, 0.29) is 6.61 Å². The van der Waals surface area contributed by atoms with Gasteiger partial charge in [-0.25, -0.2) is 0 Å². The summed E-state index contributed by atoms with van der Waals surface area (Å²) in [4.78, 5) is 0. The van der Waals surface area contributed by atoms with Crippen molar-refractivity contribution in [2.24, 2.45) is 0 Å². The van der Waals surface area contributed by atoms with E-state index >= 15 is 0 Å². The molecule has 0 aliphatic heterocycles. The summed E-state index contributed by atoms with van der Waals surface area (Å²) in [5.74, 6) is 1.60. The Kier molecular flexibility index (Phi) is 3.27. The van der Waals surface area contributed by atoms with Crippen molar-refractivity contribution in [1.29, 1.82) is 0 Å².